The molecule has 0 aliphatic carbocycles. The zero-order valence-corrected chi connectivity index (χ0v) is 10.2. The Kier molecular flexibility index (Phi) is 3.49. The van der Waals surface area contributed by atoms with Crippen LogP contribution in [0.5, 0.6) is 0 Å². The molecule has 0 unspecified atom stereocenters. The number of hydrogen-bond donors (Lipinski definition) is 2. The minimum absolute atomic E-state index is 0.185. The molecule has 0 aromatic carbocycles. The maximum atomic E-state index is 12.1. The van der Waals surface area contributed by atoms with Gasteiger partial charge in [-0.15, -0.1) is 11.3 Å². The lowest BCUT2D eigenvalue weighted by Gasteiger charge is -2.05. The molecular formula is C10H5F3N2O4S. The first kappa shape index (κ1) is 14.1. The summed E-state index contributed by atoms with van der Waals surface area (Å²) < 4.78 is 41.3. The fraction of sp³-hybridized carbons (Fsp3) is 0.100. The van der Waals surface area contributed by atoms with E-state index in [1.807, 2.05) is 0 Å². The molecule has 2 rings (SSSR count). The Hall–Kier alpha value is -2.36. The van der Waals surface area contributed by atoms with E-state index in [1.165, 1.54) is 11.4 Å². The second-order valence-corrected chi connectivity index (χ2v) is 4.38. The van der Waals surface area contributed by atoms with Crippen molar-refractivity contribution in [2.24, 2.45) is 0 Å². The number of hydrogen-bond acceptors (Lipinski definition) is 5. The number of oxazole rings is 1. The zero-order valence-electron chi connectivity index (χ0n) is 9.39. The molecule has 0 saturated heterocycles. The van der Waals surface area contributed by atoms with E-state index in [0.717, 1.165) is 11.3 Å². The number of carbonyl (C=O) groups is 2. The highest BCUT2D eigenvalue weighted by Crippen LogP contribution is 2.29. The maximum Gasteiger partial charge on any atom is 0.471 e. The van der Waals surface area contributed by atoms with E-state index in [2.05, 4.69) is 4.98 Å². The minimum Gasteiger partial charge on any atom is -0.476 e. The smallest absolute Gasteiger partial charge is 0.471 e. The molecule has 0 atom stereocenters. The first-order chi connectivity index (χ1) is 9.29. The Balaban J connectivity index is 2.37. The lowest BCUT2D eigenvalue weighted by molar-refractivity contribution is -0.167. The Morgan fingerprint density at radius 3 is 2.60 bits per heavy atom. The average molecular weight is 306 g/mol. The van der Waals surface area contributed by atoms with Crippen molar-refractivity contribution in [1.82, 2.24) is 4.98 Å². The number of amides is 1. The summed E-state index contributed by atoms with van der Waals surface area (Å²) in [5.41, 5.74) is -0.800. The largest absolute Gasteiger partial charge is 0.476 e. The van der Waals surface area contributed by atoms with Gasteiger partial charge in [-0.2, -0.15) is 18.2 Å². The number of aromatic nitrogens is 1. The van der Waals surface area contributed by atoms with Gasteiger partial charge in [0.15, 0.2) is 0 Å². The topological polar surface area (TPSA) is 92.4 Å². The Morgan fingerprint density at radius 2 is 2.10 bits per heavy atom. The molecule has 0 bridgehead atoms. The predicted octanol–water partition coefficient (Wildman–Crippen LogP) is 2.60. The Morgan fingerprint density at radius 1 is 1.40 bits per heavy atom. The van der Waals surface area contributed by atoms with Crippen molar-refractivity contribution in [3.63, 3.8) is 0 Å². The van der Waals surface area contributed by atoms with Crippen LogP contribution in [0.1, 0.15) is 10.5 Å². The second kappa shape index (κ2) is 4.96. The van der Waals surface area contributed by atoms with Crippen LogP contribution >= 0.6 is 11.3 Å². The molecule has 20 heavy (non-hydrogen) atoms. The fourth-order valence-corrected chi connectivity index (χ4v) is 1.88. The van der Waals surface area contributed by atoms with Gasteiger partial charge in [0.1, 0.15) is 0 Å². The van der Waals surface area contributed by atoms with Crippen LogP contribution in [0.15, 0.2) is 21.9 Å². The van der Waals surface area contributed by atoms with Crippen molar-refractivity contribution in [3.05, 3.63) is 23.2 Å². The molecule has 0 aliphatic heterocycles. The molecule has 1 amide bonds. The van der Waals surface area contributed by atoms with E-state index in [-0.39, 0.29) is 5.89 Å². The zero-order chi connectivity index (χ0) is 14.9. The summed E-state index contributed by atoms with van der Waals surface area (Å²) in [4.78, 5) is 25.6. The van der Waals surface area contributed by atoms with E-state index in [9.17, 15) is 22.8 Å². The first-order valence-electron chi connectivity index (χ1n) is 4.95. The summed E-state index contributed by atoms with van der Waals surface area (Å²) in [6, 6.07) is 3.16. The minimum atomic E-state index is -5.16. The van der Waals surface area contributed by atoms with Gasteiger partial charge in [0.05, 0.1) is 4.88 Å². The highest BCUT2D eigenvalue weighted by Gasteiger charge is 2.40. The molecule has 0 spiro atoms. The number of rotatable bonds is 3. The van der Waals surface area contributed by atoms with Gasteiger partial charge in [-0.3, -0.25) is 10.1 Å². The third kappa shape index (κ3) is 2.79. The number of aromatic carboxylic acids is 1. The van der Waals surface area contributed by atoms with Crippen LogP contribution in [0, 0.1) is 0 Å². The van der Waals surface area contributed by atoms with Crippen LogP contribution in [-0.4, -0.2) is 28.1 Å². The number of anilines is 1. The number of carbonyl (C=O) groups excluding carboxylic acids is 1. The van der Waals surface area contributed by atoms with Gasteiger partial charge in [-0.1, -0.05) is 6.07 Å². The molecule has 2 aromatic rings. The second-order valence-electron chi connectivity index (χ2n) is 3.43. The average Bonchev–Trinajstić information content (AvgIpc) is 2.94. The molecule has 10 heteroatoms. The Bertz CT molecular complexity index is 648. The van der Waals surface area contributed by atoms with Gasteiger partial charge in [-0.05, 0) is 11.4 Å². The van der Waals surface area contributed by atoms with E-state index in [0.29, 0.717) is 4.88 Å². The van der Waals surface area contributed by atoms with Crippen molar-refractivity contribution < 1.29 is 32.3 Å². The van der Waals surface area contributed by atoms with Crippen LogP contribution in [0.3, 0.4) is 0 Å². The fourth-order valence-electron chi connectivity index (χ4n) is 1.23. The third-order valence-corrected chi connectivity index (χ3v) is 2.90. The lowest BCUT2D eigenvalue weighted by atomic mass is 10.4. The predicted molar refractivity (Wildman–Crippen MR) is 61.5 cm³/mol. The quantitative estimate of drug-likeness (QED) is 0.909. The van der Waals surface area contributed by atoms with E-state index in [1.54, 1.807) is 11.4 Å². The van der Waals surface area contributed by atoms with Gasteiger partial charge in [0, 0.05) is 0 Å². The number of alkyl halides is 3. The molecule has 0 aliphatic rings. The first-order valence-corrected chi connectivity index (χ1v) is 5.83. The Labute approximate surface area is 112 Å². The van der Waals surface area contributed by atoms with E-state index in [4.69, 9.17) is 9.52 Å². The van der Waals surface area contributed by atoms with E-state index >= 15 is 0 Å². The molecule has 0 radical (unpaired) electrons. The number of halogens is 3. The highest BCUT2D eigenvalue weighted by molar-refractivity contribution is 7.13. The SMILES string of the molecule is O=C(O)c1nc(-c2cccs2)oc1NC(=O)C(F)(F)F. The monoisotopic (exact) mass is 306 g/mol. The summed E-state index contributed by atoms with van der Waals surface area (Å²) in [5, 5.41) is 11.8. The summed E-state index contributed by atoms with van der Waals surface area (Å²) in [6.07, 6.45) is -5.16. The van der Waals surface area contributed by atoms with Crippen LogP contribution in [0.4, 0.5) is 19.1 Å². The molecule has 0 saturated carbocycles. The van der Waals surface area contributed by atoms with Gasteiger partial charge in [-0.25, -0.2) is 4.79 Å². The van der Waals surface area contributed by atoms with Crippen molar-refractivity contribution in [1.29, 1.82) is 0 Å². The van der Waals surface area contributed by atoms with Crippen molar-refractivity contribution in [2.45, 2.75) is 6.18 Å². The molecule has 6 nitrogen and oxygen atoms in total. The van der Waals surface area contributed by atoms with Gasteiger partial charge < -0.3 is 9.52 Å². The number of thiophene rings is 1. The van der Waals surface area contributed by atoms with Crippen molar-refractivity contribution in [2.75, 3.05) is 5.32 Å². The number of carboxylic acids is 1. The lowest BCUT2D eigenvalue weighted by Crippen LogP contribution is -2.30. The standard InChI is InChI=1S/C10H5F3N2O4S/c11-10(12,13)9(18)15-7-5(8(16)17)14-6(19-7)4-2-1-3-20-4/h1-3H,(H,15,18)(H,16,17). The van der Waals surface area contributed by atoms with Crippen molar-refractivity contribution >= 4 is 29.1 Å². The van der Waals surface area contributed by atoms with Crippen LogP contribution in [-0.2, 0) is 4.79 Å². The molecule has 2 aromatic heterocycles. The normalized spacial score (nSPS) is 11.3. The summed E-state index contributed by atoms with van der Waals surface area (Å²) in [7, 11) is 0. The van der Waals surface area contributed by atoms with Crippen molar-refractivity contribution in [3.8, 4) is 10.8 Å². The summed E-state index contributed by atoms with van der Waals surface area (Å²) in [5.74, 6) is -5.00. The number of nitrogens with one attached hydrogen (secondary N) is 1. The van der Waals surface area contributed by atoms with Crippen LogP contribution < -0.4 is 5.32 Å². The molecule has 2 heterocycles. The van der Waals surface area contributed by atoms with Gasteiger partial charge in [0.2, 0.25) is 17.5 Å². The number of carboxylic acid groups (broad SMARTS) is 1. The summed E-state index contributed by atoms with van der Waals surface area (Å²) in [6.45, 7) is 0. The maximum absolute atomic E-state index is 12.1. The van der Waals surface area contributed by atoms with E-state index < -0.39 is 29.6 Å². The molecule has 2 N–H and O–H groups in total. The van der Waals surface area contributed by atoms with Crippen LogP contribution in [0.25, 0.3) is 10.8 Å². The van der Waals surface area contributed by atoms with Gasteiger partial charge >= 0.3 is 18.1 Å². The highest BCUT2D eigenvalue weighted by atomic mass is 32.1. The molecular weight excluding hydrogens is 301 g/mol. The summed E-state index contributed by atoms with van der Waals surface area (Å²) >= 11 is 1.15. The van der Waals surface area contributed by atoms with Gasteiger partial charge in [0.25, 0.3) is 0 Å². The third-order valence-electron chi connectivity index (χ3n) is 2.05. The number of nitrogens with zero attached hydrogens (tertiary/aromatic N) is 1. The van der Waals surface area contributed by atoms with Crippen LogP contribution in [0.2, 0.25) is 0 Å². The molecule has 106 valence electrons. The molecule has 0 fully saturated rings.